The number of halogens is 2. The van der Waals surface area contributed by atoms with E-state index in [1.165, 1.54) is 24.0 Å². The summed E-state index contributed by atoms with van der Waals surface area (Å²) in [6, 6.07) is 9.98. The first kappa shape index (κ1) is 25.4. The van der Waals surface area contributed by atoms with Crippen molar-refractivity contribution in [1.29, 1.82) is 0 Å². The van der Waals surface area contributed by atoms with Crippen LogP contribution in [0.5, 0.6) is 0 Å². The normalized spacial score (nSPS) is 30.8. The summed E-state index contributed by atoms with van der Waals surface area (Å²) >= 11 is 0. The van der Waals surface area contributed by atoms with Gasteiger partial charge in [-0.15, -0.1) is 24.8 Å². The average Bonchev–Trinajstić information content (AvgIpc) is 2.98. The molecule has 7 heteroatoms. The summed E-state index contributed by atoms with van der Waals surface area (Å²) in [6.07, 6.45) is 6.19. The van der Waals surface area contributed by atoms with Gasteiger partial charge in [-0.05, 0) is 56.6 Å². The molecule has 0 aromatic heterocycles. The van der Waals surface area contributed by atoms with Gasteiger partial charge < -0.3 is 15.4 Å². The number of ether oxygens (including phenoxy) is 1. The highest BCUT2D eigenvalue weighted by atomic mass is 35.5. The van der Waals surface area contributed by atoms with E-state index in [9.17, 15) is 4.79 Å². The van der Waals surface area contributed by atoms with Crippen molar-refractivity contribution >= 4 is 30.7 Å². The van der Waals surface area contributed by atoms with Gasteiger partial charge in [0.05, 0.1) is 12.2 Å². The van der Waals surface area contributed by atoms with Crippen molar-refractivity contribution in [3.05, 3.63) is 35.4 Å². The molecule has 0 spiro atoms. The van der Waals surface area contributed by atoms with Gasteiger partial charge in [-0.2, -0.15) is 0 Å². The molecule has 4 rings (SSSR count). The quantitative estimate of drug-likeness (QED) is 0.683. The zero-order valence-corrected chi connectivity index (χ0v) is 19.8. The number of nitrogens with zero attached hydrogens (tertiary/aromatic N) is 1. The Balaban J connectivity index is 0.00000160. The number of fused-ring (bicyclic) bond motifs is 2. The molecule has 3 aliphatic heterocycles. The van der Waals surface area contributed by atoms with Crippen LogP contribution in [0, 0.1) is 5.92 Å². The number of benzene rings is 1. The summed E-state index contributed by atoms with van der Waals surface area (Å²) in [7, 11) is 0. The predicted molar refractivity (Wildman–Crippen MR) is 125 cm³/mol. The summed E-state index contributed by atoms with van der Waals surface area (Å²) in [5, 5.41) is 6.77. The van der Waals surface area contributed by atoms with Gasteiger partial charge in [0.2, 0.25) is 5.91 Å². The summed E-state index contributed by atoms with van der Waals surface area (Å²) < 4.78 is 5.81. The smallest absolute Gasteiger partial charge is 0.220 e. The molecule has 0 radical (unpaired) electrons. The second kappa shape index (κ2) is 11.7. The molecule has 0 saturated carbocycles. The monoisotopic (exact) mass is 457 g/mol. The Labute approximate surface area is 193 Å². The van der Waals surface area contributed by atoms with Gasteiger partial charge in [-0.3, -0.25) is 9.69 Å². The van der Waals surface area contributed by atoms with Crippen molar-refractivity contribution in [2.75, 3.05) is 13.1 Å². The molecule has 30 heavy (non-hydrogen) atoms. The molecular formula is C23H37Cl2N3O2. The summed E-state index contributed by atoms with van der Waals surface area (Å²) in [4.78, 5) is 14.8. The molecule has 1 amide bonds. The minimum absolute atomic E-state index is 0. The van der Waals surface area contributed by atoms with Crippen LogP contribution in [0.15, 0.2) is 24.3 Å². The molecule has 1 aromatic carbocycles. The lowest BCUT2D eigenvalue weighted by molar-refractivity contribution is -0.122. The van der Waals surface area contributed by atoms with Gasteiger partial charge in [0.25, 0.3) is 0 Å². The number of carbonyl (C=O) groups is 1. The maximum absolute atomic E-state index is 12.4. The number of rotatable bonds is 6. The minimum atomic E-state index is 0. The molecule has 4 atom stereocenters. The molecule has 3 aliphatic rings. The third-order valence-corrected chi connectivity index (χ3v) is 6.46. The topological polar surface area (TPSA) is 53.6 Å². The number of morpholine rings is 1. The highest BCUT2D eigenvalue weighted by molar-refractivity contribution is 5.85. The first-order valence-corrected chi connectivity index (χ1v) is 11.0. The zero-order valence-electron chi connectivity index (χ0n) is 18.1. The molecule has 170 valence electrons. The molecule has 4 unspecified atom stereocenters. The Kier molecular flexibility index (Phi) is 9.89. The van der Waals surface area contributed by atoms with E-state index >= 15 is 0 Å². The second-order valence-corrected chi connectivity index (χ2v) is 9.22. The number of hydrogen-bond donors (Lipinski definition) is 2. The van der Waals surface area contributed by atoms with E-state index in [2.05, 4.69) is 53.6 Å². The highest BCUT2D eigenvalue weighted by Crippen LogP contribution is 2.32. The van der Waals surface area contributed by atoms with Crippen molar-refractivity contribution in [3.8, 4) is 0 Å². The van der Waals surface area contributed by atoms with Crippen molar-refractivity contribution in [2.45, 2.75) is 83.3 Å². The van der Waals surface area contributed by atoms with Crippen molar-refractivity contribution in [2.24, 2.45) is 5.92 Å². The number of piperidine rings is 1. The molecular weight excluding hydrogens is 421 g/mol. The van der Waals surface area contributed by atoms with Crippen LogP contribution in [-0.4, -0.2) is 48.2 Å². The van der Waals surface area contributed by atoms with Crippen LogP contribution < -0.4 is 10.6 Å². The number of nitrogens with one attached hydrogen (secondary N) is 2. The largest absolute Gasteiger partial charge is 0.373 e. The lowest BCUT2D eigenvalue weighted by Crippen LogP contribution is -2.44. The Bertz CT molecular complexity index is 651. The standard InChI is InChI=1S/C23H35N3O2.2ClH/c1-16-13-26(14-17(2)28-16)15-19-5-3-18(4-6-19)12-24-23(27)11-20-9-21-7-8-22(10-20)25-21;;/h3-6,16-17,20-22,25H,7-15H2,1-2H3,(H,24,27);2*1H. The average molecular weight is 458 g/mol. The van der Waals surface area contributed by atoms with E-state index < -0.39 is 0 Å². The van der Waals surface area contributed by atoms with E-state index in [0.717, 1.165) is 32.5 Å². The third-order valence-electron chi connectivity index (χ3n) is 6.46. The van der Waals surface area contributed by atoms with Crippen LogP contribution in [0.25, 0.3) is 0 Å². The Morgan fingerprint density at radius 1 is 1.03 bits per heavy atom. The molecule has 2 bridgehead atoms. The van der Waals surface area contributed by atoms with E-state index in [-0.39, 0.29) is 30.7 Å². The fraction of sp³-hybridized carbons (Fsp3) is 0.696. The van der Waals surface area contributed by atoms with Gasteiger partial charge in [0.15, 0.2) is 0 Å². The van der Waals surface area contributed by atoms with Crippen LogP contribution in [0.3, 0.4) is 0 Å². The van der Waals surface area contributed by atoms with Gasteiger partial charge in [-0.1, -0.05) is 24.3 Å². The van der Waals surface area contributed by atoms with Crippen LogP contribution in [0.4, 0.5) is 0 Å². The lowest BCUT2D eigenvalue weighted by atomic mass is 9.89. The van der Waals surface area contributed by atoms with Crippen LogP contribution in [0.2, 0.25) is 0 Å². The minimum Gasteiger partial charge on any atom is -0.373 e. The maximum atomic E-state index is 12.4. The molecule has 5 nitrogen and oxygen atoms in total. The molecule has 3 fully saturated rings. The third kappa shape index (κ3) is 7.10. The molecule has 0 aliphatic carbocycles. The fourth-order valence-electron chi connectivity index (χ4n) is 5.31. The predicted octanol–water partition coefficient (Wildman–Crippen LogP) is 3.68. The van der Waals surface area contributed by atoms with E-state index in [1.54, 1.807) is 0 Å². The summed E-state index contributed by atoms with van der Waals surface area (Å²) in [5.74, 6) is 0.756. The number of carbonyl (C=O) groups excluding carboxylic acids is 1. The zero-order chi connectivity index (χ0) is 19.5. The fourth-order valence-corrected chi connectivity index (χ4v) is 5.31. The van der Waals surface area contributed by atoms with Crippen LogP contribution in [0.1, 0.15) is 57.1 Å². The SMILES string of the molecule is CC1CN(Cc2ccc(CNC(=O)CC3CC4CCC(C3)N4)cc2)CC(C)O1.Cl.Cl. The van der Waals surface area contributed by atoms with Crippen molar-refractivity contribution in [1.82, 2.24) is 15.5 Å². The first-order valence-electron chi connectivity index (χ1n) is 11.0. The highest BCUT2D eigenvalue weighted by Gasteiger charge is 2.34. The Morgan fingerprint density at radius 3 is 2.20 bits per heavy atom. The maximum Gasteiger partial charge on any atom is 0.220 e. The van der Waals surface area contributed by atoms with Crippen molar-refractivity contribution in [3.63, 3.8) is 0 Å². The summed E-state index contributed by atoms with van der Waals surface area (Å²) in [6.45, 7) is 7.85. The molecule has 3 heterocycles. The summed E-state index contributed by atoms with van der Waals surface area (Å²) in [5.41, 5.74) is 2.49. The lowest BCUT2D eigenvalue weighted by Gasteiger charge is -2.35. The Hall–Kier alpha value is -0.850. The van der Waals surface area contributed by atoms with Crippen LogP contribution in [-0.2, 0) is 22.6 Å². The molecule has 1 aromatic rings. The van der Waals surface area contributed by atoms with E-state index in [0.29, 0.717) is 43.2 Å². The van der Waals surface area contributed by atoms with Gasteiger partial charge in [-0.25, -0.2) is 0 Å². The molecule has 2 N–H and O–H groups in total. The second-order valence-electron chi connectivity index (χ2n) is 9.22. The van der Waals surface area contributed by atoms with Crippen molar-refractivity contribution < 1.29 is 9.53 Å². The first-order chi connectivity index (χ1) is 13.5. The number of amides is 1. The van der Waals surface area contributed by atoms with Gasteiger partial charge >= 0.3 is 0 Å². The molecule has 3 saturated heterocycles. The Morgan fingerprint density at radius 2 is 1.60 bits per heavy atom. The van der Waals surface area contributed by atoms with Gasteiger partial charge in [0.1, 0.15) is 0 Å². The van der Waals surface area contributed by atoms with Gasteiger partial charge in [0, 0.05) is 44.7 Å². The van der Waals surface area contributed by atoms with E-state index in [4.69, 9.17) is 4.74 Å². The number of hydrogen-bond acceptors (Lipinski definition) is 4. The van der Waals surface area contributed by atoms with E-state index in [1.807, 2.05) is 0 Å². The van der Waals surface area contributed by atoms with Crippen LogP contribution >= 0.6 is 24.8 Å².